The van der Waals surface area contributed by atoms with Gasteiger partial charge in [0.05, 0.1) is 12.5 Å². The molecule has 0 fully saturated rings. The molecular weight excluding hydrogens is 212 g/mol. The minimum atomic E-state index is -2.58. The third kappa shape index (κ3) is 3.13. The van der Waals surface area contributed by atoms with Gasteiger partial charge in [0, 0.05) is 12.0 Å². The van der Waals surface area contributed by atoms with Gasteiger partial charge in [0.15, 0.2) is 0 Å². The summed E-state index contributed by atoms with van der Waals surface area (Å²) in [5.74, 6) is 0. The van der Waals surface area contributed by atoms with Gasteiger partial charge >= 0.3 is 0 Å². The molecule has 0 spiro atoms. The molecule has 0 aliphatic rings. The molecule has 0 atom stereocenters. The molecule has 0 saturated carbocycles. The zero-order valence-electron chi connectivity index (χ0n) is 8.62. The fourth-order valence-corrected chi connectivity index (χ4v) is 1.47. The van der Waals surface area contributed by atoms with Gasteiger partial charge in [0.2, 0.25) is 0 Å². The Morgan fingerprint density at radius 2 is 2.19 bits per heavy atom. The zero-order valence-corrected chi connectivity index (χ0v) is 8.62. The molecule has 0 amide bonds. The molecule has 1 aromatic carbocycles. The maximum Gasteiger partial charge on any atom is 0.264 e. The van der Waals surface area contributed by atoms with Crippen molar-refractivity contribution in [3.8, 4) is 6.07 Å². The Hall–Kier alpha value is -1.76. The summed E-state index contributed by atoms with van der Waals surface area (Å²) < 4.78 is 25.3. The summed E-state index contributed by atoms with van der Waals surface area (Å²) in [6, 6.07) is 6.44. The second kappa shape index (κ2) is 5.96. The largest absolute Gasteiger partial charge is 0.303 e. The van der Waals surface area contributed by atoms with Crippen molar-refractivity contribution >= 4 is 6.29 Å². The fraction of sp³-hybridized carbons (Fsp3) is 0.333. The van der Waals surface area contributed by atoms with Gasteiger partial charge in [-0.2, -0.15) is 5.26 Å². The number of aryl methyl sites for hydroxylation is 1. The van der Waals surface area contributed by atoms with Crippen molar-refractivity contribution < 1.29 is 13.6 Å². The SMILES string of the molecule is N#CCc1ccc(CCC=O)cc1C(F)F. The number of hydrogen-bond acceptors (Lipinski definition) is 2. The zero-order chi connectivity index (χ0) is 12.0. The summed E-state index contributed by atoms with van der Waals surface area (Å²) in [5.41, 5.74) is 0.946. The predicted octanol–water partition coefficient (Wildman–Crippen LogP) is 2.82. The third-order valence-corrected chi connectivity index (χ3v) is 2.27. The quantitative estimate of drug-likeness (QED) is 0.720. The first-order chi connectivity index (χ1) is 7.69. The molecule has 0 bridgehead atoms. The lowest BCUT2D eigenvalue weighted by molar-refractivity contribution is -0.107. The van der Waals surface area contributed by atoms with E-state index in [9.17, 15) is 13.6 Å². The highest BCUT2D eigenvalue weighted by Crippen LogP contribution is 2.25. The normalized spacial score (nSPS) is 10.1. The van der Waals surface area contributed by atoms with E-state index in [-0.39, 0.29) is 12.0 Å². The number of hydrogen-bond donors (Lipinski definition) is 0. The van der Waals surface area contributed by atoms with Crippen LogP contribution in [-0.2, 0) is 17.6 Å². The van der Waals surface area contributed by atoms with E-state index in [1.54, 1.807) is 6.07 Å². The highest BCUT2D eigenvalue weighted by atomic mass is 19.3. The lowest BCUT2D eigenvalue weighted by Crippen LogP contribution is -1.97. The number of carbonyl (C=O) groups excluding carboxylic acids is 1. The summed E-state index contributed by atoms with van der Waals surface area (Å²) in [7, 11) is 0. The Labute approximate surface area is 92.5 Å². The van der Waals surface area contributed by atoms with Gasteiger partial charge in [0.1, 0.15) is 6.29 Å². The van der Waals surface area contributed by atoms with Crippen molar-refractivity contribution in [1.29, 1.82) is 5.26 Å². The molecule has 0 aromatic heterocycles. The number of halogens is 2. The van der Waals surface area contributed by atoms with Crippen LogP contribution in [0.2, 0.25) is 0 Å². The van der Waals surface area contributed by atoms with Crippen LogP contribution in [0.4, 0.5) is 8.78 Å². The smallest absolute Gasteiger partial charge is 0.264 e. The molecule has 0 heterocycles. The van der Waals surface area contributed by atoms with E-state index in [0.29, 0.717) is 24.0 Å². The van der Waals surface area contributed by atoms with Gasteiger partial charge < -0.3 is 4.79 Å². The molecule has 0 aliphatic carbocycles. The lowest BCUT2D eigenvalue weighted by Gasteiger charge is -2.08. The summed E-state index contributed by atoms with van der Waals surface area (Å²) in [5, 5.41) is 8.50. The molecule has 0 saturated heterocycles. The van der Waals surface area contributed by atoms with Crippen LogP contribution in [0.25, 0.3) is 0 Å². The van der Waals surface area contributed by atoms with Crippen LogP contribution < -0.4 is 0 Å². The summed E-state index contributed by atoms with van der Waals surface area (Å²) in [6.45, 7) is 0. The number of rotatable bonds is 5. The van der Waals surface area contributed by atoms with Gasteiger partial charge in [-0.1, -0.05) is 12.1 Å². The van der Waals surface area contributed by atoms with Crippen molar-refractivity contribution in [2.75, 3.05) is 0 Å². The summed E-state index contributed by atoms with van der Waals surface area (Å²) in [6.07, 6.45) is -1.07. The van der Waals surface area contributed by atoms with Gasteiger partial charge in [-0.05, 0) is 23.6 Å². The van der Waals surface area contributed by atoms with Crippen LogP contribution in [0.1, 0.15) is 29.5 Å². The monoisotopic (exact) mass is 223 g/mol. The molecule has 4 heteroatoms. The number of benzene rings is 1. The maximum absolute atomic E-state index is 12.7. The molecule has 84 valence electrons. The second-order valence-electron chi connectivity index (χ2n) is 3.37. The molecular formula is C12H11F2NO. The van der Waals surface area contributed by atoms with Crippen LogP contribution in [0.5, 0.6) is 0 Å². The first-order valence-electron chi connectivity index (χ1n) is 4.89. The average molecular weight is 223 g/mol. The predicted molar refractivity (Wildman–Crippen MR) is 55.1 cm³/mol. The Kier molecular flexibility index (Phi) is 4.59. The molecule has 1 rings (SSSR count). The number of carbonyl (C=O) groups is 1. The topological polar surface area (TPSA) is 40.9 Å². The summed E-state index contributed by atoms with van der Waals surface area (Å²) in [4.78, 5) is 10.2. The van der Waals surface area contributed by atoms with E-state index in [4.69, 9.17) is 5.26 Å². The maximum atomic E-state index is 12.7. The highest BCUT2D eigenvalue weighted by Gasteiger charge is 2.13. The van der Waals surface area contributed by atoms with E-state index < -0.39 is 6.43 Å². The number of nitriles is 1. The van der Waals surface area contributed by atoms with Crippen LogP contribution >= 0.6 is 0 Å². The van der Waals surface area contributed by atoms with Crippen molar-refractivity contribution in [3.63, 3.8) is 0 Å². The first-order valence-corrected chi connectivity index (χ1v) is 4.89. The van der Waals surface area contributed by atoms with Crippen molar-refractivity contribution in [2.45, 2.75) is 25.7 Å². The van der Waals surface area contributed by atoms with Crippen molar-refractivity contribution in [2.24, 2.45) is 0 Å². The Morgan fingerprint density at radius 3 is 2.75 bits per heavy atom. The molecule has 16 heavy (non-hydrogen) atoms. The Morgan fingerprint density at radius 1 is 1.44 bits per heavy atom. The highest BCUT2D eigenvalue weighted by molar-refractivity contribution is 5.50. The van der Waals surface area contributed by atoms with Crippen LogP contribution in [-0.4, -0.2) is 6.29 Å². The van der Waals surface area contributed by atoms with E-state index in [0.717, 1.165) is 6.29 Å². The minimum absolute atomic E-state index is 0.0202. The van der Waals surface area contributed by atoms with Crippen molar-refractivity contribution in [1.82, 2.24) is 0 Å². The van der Waals surface area contributed by atoms with Gasteiger partial charge in [-0.3, -0.25) is 0 Å². The standard InChI is InChI=1S/C12H11F2NO/c13-12(14)11-8-9(2-1-7-16)3-4-10(11)5-6-15/h3-4,7-8,12H,1-2,5H2. The number of nitrogens with zero attached hydrogens (tertiary/aromatic N) is 1. The molecule has 0 N–H and O–H groups in total. The average Bonchev–Trinajstić information content (AvgIpc) is 2.27. The minimum Gasteiger partial charge on any atom is -0.303 e. The summed E-state index contributed by atoms with van der Waals surface area (Å²) >= 11 is 0. The van der Waals surface area contributed by atoms with Gasteiger partial charge in [-0.15, -0.1) is 0 Å². The van der Waals surface area contributed by atoms with E-state index >= 15 is 0 Å². The number of aldehydes is 1. The second-order valence-corrected chi connectivity index (χ2v) is 3.37. The molecule has 0 radical (unpaired) electrons. The lowest BCUT2D eigenvalue weighted by atomic mass is 10.00. The third-order valence-electron chi connectivity index (χ3n) is 2.27. The van der Waals surface area contributed by atoms with Gasteiger partial charge in [-0.25, -0.2) is 8.78 Å². The van der Waals surface area contributed by atoms with E-state index in [2.05, 4.69) is 0 Å². The molecule has 2 nitrogen and oxygen atoms in total. The van der Waals surface area contributed by atoms with Gasteiger partial charge in [0.25, 0.3) is 6.43 Å². The van der Waals surface area contributed by atoms with E-state index in [1.807, 2.05) is 6.07 Å². The Bertz CT molecular complexity index is 410. The fourth-order valence-electron chi connectivity index (χ4n) is 1.47. The molecule has 0 unspecified atom stereocenters. The molecule has 1 aromatic rings. The first kappa shape index (κ1) is 12.3. The Balaban J connectivity index is 2.98. The van der Waals surface area contributed by atoms with Crippen LogP contribution in [0.3, 0.4) is 0 Å². The van der Waals surface area contributed by atoms with E-state index in [1.165, 1.54) is 12.1 Å². The number of alkyl halides is 2. The van der Waals surface area contributed by atoms with Crippen molar-refractivity contribution in [3.05, 3.63) is 34.9 Å². The van der Waals surface area contributed by atoms with Crippen LogP contribution in [0.15, 0.2) is 18.2 Å². The molecule has 0 aliphatic heterocycles. The van der Waals surface area contributed by atoms with Crippen LogP contribution in [0, 0.1) is 11.3 Å².